The Labute approximate surface area is 127 Å². The first-order chi connectivity index (χ1) is 10.1. The predicted octanol–water partition coefficient (Wildman–Crippen LogP) is 4.16. The van der Waals surface area contributed by atoms with Crippen molar-refractivity contribution in [2.24, 2.45) is 5.73 Å². The van der Waals surface area contributed by atoms with Crippen molar-refractivity contribution < 1.29 is 9.13 Å². The lowest BCUT2D eigenvalue weighted by Gasteiger charge is -2.12. The summed E-state index contributed by atoms with van der Waals surface area (Å²) in [5.74, 6) is -0.275. The van der Waals surface area contributed by atoms with E-state index in [0.29, 0.717) is 16.9 Å². The average Bonchev–Trinajstić information content (AvgIpc) is 2.51. The van der Waals surface area contributed by atoms with Gasteiger partial charge in [-0.15, -0.1) is 0 Å². The fraction of sp³-hybridized carbons (Fsp3) is 0.188. The summed E-state index contributed by atoms with van der Waals surface area (Å²) in [7, 11) is 0. The second kappa shape index (κ2) is 6.57. The zero-order chi connectivity index (χ0) is 15.4. The zero-order valence-corrected chi connectivity index (χ0v) is 12.2. The molecule has 21 heavy (non-hydrogen) atoms. The molecule has 0 heterocycles. The molecule has 0 unspecified atom stereocenters. The van der Waals surface area contributed by atoms with Gasteiger partial charge in [-0.05, 0) is 36.2 Å². The summed E-state index contributed by atoms with van der Waals surface area (Å²) >= 11 is 5.98. The number of nitrogens with zero attached hydrogens (tertiary/aromatic N) is 1. The third kappa shape index (κ3) is 3.33. The van der Waals surface area contributed by atoms with Gasteiger partial charge in [0.05, 0.1) is 16.7 Å². The number of halogens is 2. The molecule has 2 aromatic carbocycles. The van der Waals surface area contributed by atoms with Crippen molar-refractivity contribution in [2.45, 2.75) is 19.9 Å². The summed E-state index contributed by atoms with van der Waals surface area (Å²) in [5, 5.41) is 9.17. The average molecular weight is 305 g/mol. The van der Waals surface area contributed by atoms with E-state index >= 15 is 0 Å². The fourth-order valence-electron chi connectivity index (χ4n) is 1.93. The van der Waals surface area contributed by atoms with Gasteiger partial charge in [0.1, 0.15) is 5.75 Å². The molecule has 3 nitrogen and oxygen atoms in total. The molecular weight excluding hydrogens is 291 g/mol. The molecule has 0 aliphatic heterocycles. The van der Waals surface area contributed by atoms with Crippen LogP contribution in [-0.4, -0.2) is 0 Å². The normalized spacial score (nSPS) is 10.2. The quantitative estimate of drug-likeness (QED) is 0.922. The third-order valence-corrected chi connectivity index (χ3v) is 3.37. The minimum Gasteiger partial charge on any atom is -0.453 e. The maximum Gasteiger partial charge on any atom is 0.181 e. The van der Waals surface area contributed by atoms with E-state index in [9.17, 15) is 4.39 Å². The molecule has 0 spiro atoms. The van der Waals surface area contributed by atoms with Gasteiger partial charge in [-0.2, -0.15) is 5.26 Å². The summed E-state index contributed by atoms with van der Waals surface area (Å²) in [6.07, 6.45) is 0.741. The van der Waals surface area contributed by atoms with E-state index in [1.165, 1.54) is 12.1 Å². The molecule has 5 heteroatoms. The summed E-state index contributed by atoms with van der Waals surface area (Å²) in [4.78, 5) is 0. The Morgan fingerprint density at radius 1 is 1.33 bits per heavy atom. The van der Waals surface area contributed by atoms with Crippen LogP contribution in [0.5, 0.6) is 11.5 Å². The highest BCUT2D eigenvalue weighted by molar-refractivity contribution is 6.32. The van der Waals surface area contributed by atoms with E-state index in [1.54, 1.807) is 18.2 Å². The molecule has 0 radical (unpaired) electrons. The Balaban J connectivity index is 2.45. The maximum atomic E-state index is 14.2. The second-order valence-electron chi connectivity index (χ2n) is 4.49. The molecule has 0 saturated heterocycles. The summed E-state index contributed by atoms with van der Waals surface area (Å²) in [6.45, 7) is 2.01. The first kappa shape index (κ1) is 15.3. The predicted molar refractivity (Wildman–Crippen MR) is 79.9 cm³/mol. The summed E-state index contributed by atoms with van der Waals surface area (Å²) in [5.41, 5.74) is 7.17. The van der Waals surface area contributed by atoms with E-state index in [2.05, 4.69) is 6.07 Å². The molecular formula is C16H14ClFN2O. The number of ether oxygens (including phenoxy) is 1. The molecule has 0 fully saturated rings. The van der Waals surface area contributed by atoms with Crippen molar-refractivity contribution in [1.29, 1.82) is 5.26 Å². The van der Waals surface area contributed by atoms with E-state index in [4.69, 9.17) is 27.3 Å². The Hall–Kier alpha value is -2.09. The number of hydrogen-bond acceptors (Lipinski definition) is 3. The van der Waals surface area contributed by atoms with Crippen LogP contribution in [0.25, 0.3) is 0 Å². The lowest BCUT2D eigenvalue weighted by Crippen LogP contribution is -2.02. The molecule has 0 aliphatic carbocycles. The Kier molecular flexibility index (Phi) is 4.79. The first-order valence-corrected chi connectivity index (χ1v) is 6.85. The summed E-state index contributed by atoms with van der Waals surface area (Å²) in [6, 6.07) is 10.2. The van der Waals surface area contributed by atoms with Crippen LogP contribution in [0.1, 0.15) is 23.6 Å². The number of aryl methyl sites for hydroxylation is 1. The number of benzene rings is 2. The minimum absolute atomic E-state index is 0.0534. The van der Waals surface area contributed by atoms with E-state index in [0.717, 1.165) is 12.0 Å². The molecule has 0 atom stereocenters. The van der Waals surface area contributed by atoms with Crippen molar-refractivity contribution in [3.63, 3.8) is 0 Å². The Morgan fingerprint density at radius 2 is 2.10 bits per heavy atom. The molecule has 0 aromatic heterocycles. The van der Waals surface area contributed by atoms with Gasteiger partial charge in [-0.3, -0.25) is 0 Å². The monoisotopic (exact) mass is 304 g/mol. The Morgan fingerprint density at radius 3 is 2.71 bits per heavy atom. The smallest absolute Gasteiger partial charge is 0.181 e. The lowest BCUT2D eigenvalue weighted by atomic mass is 10.1. The fourth-order valence-corrected chi connectivity index (χ4v) is 2.12. The van der Waals surface area contributed by atoms with Crippen LogP contribution in [0.2, 0.25) is 5.02 Å². The van der Waals surface area contributed by atoms with E-state index in [1.807, 2.05) is 6.92 Å². The SMILES string of the molecule is CCc1cc(C#N)cc(Oc2c(Cl)ccc(CN)c2F)c1. The van der Waals surface area contributed by atoms with Crippen molar-refractivity contribution >= 4 is 11.6 Å². The van der Waals surface area contributed by atoms with Gasteiger partial charge in [-0.25, -0.2) is 4.39 Å². The van der Waals surface area contributed by atoms with Crippen LogP contribution in [0.3, 0.4) is 0 Å². The van der Waals surface area contributed by atoms with Gasteiger partial charge in [0.15, 0.2) is 11.6 Å². The van der Waals surface area contributed by atoms with Crippen LogP contribution in [-0.2, 0) is 13.0 Å². The van der Waals surface area contributed by atoms with Crippen molar-refractivity contribution in [1.82, 2.24) is 0 Å². The van der Waals surface area contributed by atoms with Crippen molar-refractivity contribution in [3.8, 4) is 17.6 Å². The molecule has 2 N–H and O–H groups in total. The maximum absolute atomic E-state index is 14.2. The van der Waals surface area contributed by atoms with E-state index in [-0.39, 0.29) is 17.3 Å². The number of nitrogens with two attached hydrogens (primary N) is 1. The molecule has 0 amide bonds. The van der Waals surface area contributed by atoms with Crippen LogP contribution in [0, 0.1) is 17.1 Å². The van der Waals surface area contributed by atoms with Crippen LogP contribution < -0.4 is 10.5 Å². The second-order valence-corrected chi connectivity index (χ2v) is 4.89. The Bertz CT molecular complexity index is 710. The molecule has 0 aliphatic rings. The van der Waals surface area contributed by atoms with E-state index < -0.39 is 5.82 Å². The molecule has 108 valence electrons. The number of rotatable bonds is 4. The van der Waals surface area contributed by atoms with Crippen molar-refractivity contribution in [2.75, 3.05) is 0 Å². The molecule has 2 rings (SSSR count). The molecule has 0 bridgehead atoms. The third-order valence-electron chi connectivity index (χ3n) is 3.07. The van der Waals surface area contributed by atoms with Crippen LogP contribution >= 0.6 is 11.6 Å². The van der Waals surface area contributed by atoms with Crippen LogP contribution in [0.15, 0.2) is 30.3 Å². The van der Waals surface area contributed by atoms with Crippen LogP contribution in [0.4, 0.5) is 4.39 Å². The number of hydrogen-bond donors (Lipinski definition) is 1. The summed E-state index contributed by atoms with van der Waals surface area (Å²) < 4.78 is 19.8. The van der Waals surface area contributed by atoms with Gasteiger partial charge >= 0.3 is 0 Å². The molecule has 0 saturated carbocycles. The van der Waals surface area contributed by atoms with Gasteiger partial charge in [0.25, 0.3) is 0 Å². The minimum atomic E-state index is -0.578. The highest BCUT2D eigenvalue weighted by Crippen LogP contribution is 2.34. The standard InChI is InChI=1S/C16H14ClFN2O/c1-2-10-5-11(8-19)7-13(6-10)21-16-14(17)4-3-12(9-20)15(16)18/h3-7H,2,9,20H2,1H3. The van der Waals surface area contributed by atoms with Gasteiger partial charge in [0.2, 0.25) is 0 Å². The highest BCUT2D eigenvalue weighted by atomic mass is 35.5. The largest absolute Gasteiger partial charge is 0.453 e. The zero-order valence-electron chi connectivity index (χ0n) is 11.5. The topological polar surface area (TPSA) is 59.0 Å². The van der Waals surface area contributed by atoms with Crippen molar-refractivity contribution in [3.05, 3.63) is 57.9 Å². The highest BCUT2D eigenvalue weighted by Gasteiger charge is 2.14. The number of nitriles is 1. The van der Waals surface area contributed by atoms with Gasteiger partial charge in [0, 0.05) is 12.1 Å². The van der Waals surface area contributed by atoms with Gasteiger partial charge in [-0.1, -0.05) is 24.6 Å². The van der Waals surface area contributed by atoms with Gasteiger partial charge < -0.3 is 10.5 Å². The first-order valence-electron chi connectivity index (χ1n) is 6.48. The molecule has 2 aromatic rings. The lowest BCUT2D eigenvalue weighted by molar-refractivity contribution is 0.438.